The van der Waals surface area contributed by atoms with Crippen molar-refractivity contribution in [3.8, 4) is 11.5 Å². The smallest absolute Gasteiger partial charge is 0.358 e. The highest BCUT2D eigenvalue weighted by Crippen LogP contribution is 2.39. The molecule has 12 heteroatoms. The van der Waals surface area contributed by atoms with Crippen LogP contribution in [-0.2, 0) is 21.0 Å². The SMILES string of the molecule is CC(C)(C)[Si](c1ccccc1)(c1ccccc1)c1ccccc1OS(=O)(=O)F.CC(C)(C)[Si](c1ccccc1)(c1ccccc1)c1ccccc1OS(=O)(=O)F. The van der Waals surface area contributed by atoms with Crippen molar-refractivity contribution < 1.29 is 33.0 Å². The van der Waals surface area contributed by atoms with Crippen molar-refractivity contribution in [3.63, 3.8) is 0 Å². The lowest BCUT2D eigenvalue weighted by atomic mass is 10.2. The van der Waals surface area contributed by atoms with Crippen molar-refractivity contribution in [3.05, 3.63) is 170 Å². The second-order valence-electron chi connectivity index (χ2n) is 15.4. The average molecular weight is 829 g/mol. The first-order valence-corrected chi connectivity index (χ1v) is 24.6. The summed E-state index contributed by atoms with van der Waals surface area (Å²) in [5, 5.41) is 5.30. The van der Waals surface area contributed by atoms with E-state index in [1.165, 1.54) is 12.1 Å². The Hall–Kier alpha value is -4.89. The maximum atomic E-state index is 13.5. The van der Waals surface area contributed by atoms with Crippen molar-refractivity contribution in [1.29, 1.82) is 0 Å². The van der Waals surface area contributed by atoms with Crippen molar-refractivity contribution in [2.24, 2.45) is 0 Å². The summed E-state index contributed by atoms with van der Waals surface area (Å²) in [6, 6.07) is 53.8. The van der Waals surface area contributed by atoms with Gasteiger partial charge in [-0.05, 0) is 53.3 Å². The summed E-state index contributed by atoms with van der Waals surface area (Å²) >= 11 is 0. The average Bonchev–Trinajstić information content (AvgIpc) is 3.13. The zero-order chi connectivity index (χ0) is 40.8. The predicted molar refractivity (Wildman–Crippen MR) is 229 cm³/mol. The van der Waals surface area contributed by atoms with Crippen LogP contribution in [0.3, 0.4) is 0 Å². The first-order chi connectivity index (χ1) is 26.3. The van der Waals surface area contributed by atoms with Crippen LogP contribution in [0.4, 0.5) is 7.77 Å². The molecule has 56 heavy (non-hydrogen) atoms. The molecule has 0 saturated carbocycles. The molecule has 6 aromatic carbocycles. The number of para-hydroxylation sites is 2. The van der Waals surface area contributed by atoms with Crippen LogP contribution in [0, 0.1) is 0 Å². The Morgan fingerprint density at radius 3 is 0.804 bits per heavy atom. The molecule has 6 nitrogen and oxygen atoms in total. The van der Waals surface area contributed by atoms with Crippen LogP contribution in [0.25, 0.3) is 0 Å². The van der Waals surface area contributed by atoms with E-state index in [2.05, 4.69) is 90.1 Å². The molecule has 0 unspecified atom stereocenters. The third kappa shape index (κ3) is 8.89. The zero-order valence-corrected chi connectivity index (χ0v) is 35.8. The molecule has 0 bridgehead atoms. The van der Waals surface area contributed by atoms with Gasteiger partial charge in [-0.3, -0.25) is 0 Å². The van der Waals surface area contributed by atoms with E-state index in [9.17, 15) is 24.6 Å². The van der Waals surface area contributed by atoms with Crippen LogP contribution in [-0.4, -0.2) is 33.0 Å². The summed E-state index contributed by atoms with van der Waals surface area (Å²) in [6.07, 6.45) is 0. The minimum atomic E-state index is -5.15. The second-order valence-corrected chi connectivity index (χ2v) is 26.7. The summed E-state index contributed by atoms with van der Waals surface area (Å²) < 4.78 is 82.0. The second kappa shape index (κ2) is 16.7. The molecule has 0 fully saturated rings. The summed E-state index contributed by atoms with van der Waals surface area (Å²) in [5.41, 5.74) is 0. The highest BCUT2D eigenvalue weighted by molar-refractivity contribution is 7.82. The van der Waals surface area contributed by atoms with Gasteiger partial charge in [0.2, 0.25) is 0 Å². The van der Waals surface area contributed by atoms with Crippen LogP contribution in [0.15, 0.2) is 170 Å². The van der Waals surface area contributed by atoms with E-state index in [-0.39, 0.29) is 21.6 Å². The van der Waals surface area contributed by atoms with Gasteiger partial charge >= 0.3 is 21.0 Å². The molecule has 0 saturated heterocycles. The normalized spacial score (nSPS) is 12.6. The topological polar surface area (TPSA) is 86.7 Å². The van der Waals surface area contributed by atoms with E-state index in [1.807, 2.05) is 97.1 Å². The number of benzene rings is 6. The Labute approximate surface area is 332 Å². The van der Waals surface area contributed by atoms with Crippen LogP contribution in [0.2, 0.25) is 10.1 Å². The third-order valence-electron chi connectivity index (χ3n) is 10.0. The summed E-state index contributed by atoms with van der Waals surface area (Å²) in [4.78, 5) is 0. The van der Waals surface area contributed by atoms with Gasteiger partial charge in [-0.1, -0.05) is 207 Å². The predicted octanol–water partition coefficient (Wildman–Crippen LogP) is 7.10. The van der Waals surface area contributed by atoms with E-state index in [0.717, 1.165) is 31.1 Å². The molecule has 0 radical (unpaired) electrons. The van der Waals surface area contributed by atoms with E-state index >= 15 is 0 Å². The molecule has 0 spiro atoms. The molecule has 0 atom stereocenters. The Kier molecular flexibility index (Phi) is 12.6. The Morgan fingerprint density at radius 1 is 0.375 bits per heavy atom. The Morgan fingerprint density at radius 2 is 0.589 bits per heavy atom. The first kappa shape index (κ1) is 42.3. The van der Waals surface area contributed by atoms with E-state index in [1.54, 1.807) is 12.1 Å². The van der Waals surface area contributed by atoms with E-state index in [4.69, 9.17) is 8.37 Å². The molecule has 0 aliphatic rings. The van der Waals surface area contributed by atoms with Crippen LogP contribution < -0.4 is 39.5 Å². The molecule has 0 N–H and O–H groups in total. The lowest BCUT2D eigenvalue weighted by Gasteiger charge is -2.44. The summed E-state index contributed by atoms with van der Waals surface area (Å²) in [7, 11) is -15.9. The van der Waals surface area contributed by atoms with Gasteiger partial charge in [-0.2, -0.15) is 16.8 Å². The van der Waals surface area contributed by atoms with Crippen molar-refractivity contribution in [1.82, 2.24) is 0 Å². The van der Waals surface area contributed by atoms with Crippen LogP contribution in [0.5, 0.6) is 11.5 Å². The van der Waals surface area contributed by atoms with Gasteiger partial charge in [0.15, 0.2) is 16.1 Å². The molecule has 0 amide bonds. The molecule has 6 aromatic rings. The fourth-order valence-corrected chi connectivity index (χ4v) is 20.5. The molecular weight excluding hydrogens is 783 g/mol. The molecular formula is C44H46F2O6S2Si2. The molecule has 0 aromatic heterocycles. The fourth-order valence-electron chi connectivity index (χ4n) is 8.16. The number of hydrogen-bond donors (Lipinski definition) is 0. The highest BCUT2D eigenvalue weighted by atomic mass is 32.3. The van der Waals surface area contributed by atoms with Gasteiger partial charge in [0.05, 0.1) is 0 Å². The molecule has 6 rings (SSSR count). The minimum Gasteiger partial charge on any atom is -0.358 e. The monoisotopic (exact) mass is 828 g/mol. The maximum Gasteiger partial charge on any atom is 0.488 e. The number of hydrogen-bond acceptors (Lipinski definition) is 6. The lowest BCUT2D eigenvalue weighted by molar-refractivity contribution is 0.439. The van der Waals surface area contributed by atoms with Crippen molar-refractivity contribution >= 4 is 68.3 Å². The number of halogens is 2. The van der Waals surface area contributed by atoms with Gasteiger partial charge in [-0.25, -0.2) is 0 Å². The van der Waals surface area contributed by atoms with Gasteiger partial charge in [0.1, 0.15) is 11.5 Å². The van der Waals surface area contributed by atoms with Gasteiger partial charge in [0.25, 0.3) is 0 Å². The van der Waals surface area contributed by atoms with Crippen molar-refractivity contribution in [2.75, 3.05) is 0 Å². The Balaban J connectivity index is 0.000000214. The highest BCUT2D eigenvalue weighted by Gasteiger charge is 2.52. The first-order valence-electron chi connectivity index (χ1n) is 18.0. The fraction of sp³-hybridized carbons (Fsp3) is 0.182. The maximum absolute atomic E-state index is 13.5. The quantitative estimate of drug-likeness (QED) is 0.0833. The Bertz CT molecular complexity index is 2190. The van der Waals surface area contributed by atoms with Gasteiger partial charge in [0, 0.05) is 0 Å². The standard InChI is InChI=1S/2C22H23FO3SSi/c2*1-22(2,3)28(18-12-6-4-7-13-18,19-14-8-5-9-15-19)21-17-11-10-16-20(21)26-27(23,24)25/h2*4-17H,1-3H3. The summed E-state index contributed by atoms with van der Waals surface area (Å²) in [6.45, 7) is 12.8. The van der Waals surface area contributed by atoms with Crippen molar-refractivity contribution in [2.45, 2.75) is 51.6 Å². The molecule has 0 aliphatic carbocycles. The molecule has 292 valence electrons. The molecule has 0 aliphatic heterocycles. The van der Waals surface area contributed by atoms with Crippen LogP contribution in [0.1, 0.15) is 41.5 Å². The lowest BCUT2D eigenvalue weighted by Crippen LogP contribution is -2.72. The number of rotatable bonds is 10. The van der Waals surface area contributed by atoms with E-state index < -0.39 is 37.2 Å². The minimum absolute atomic E-state index is 0.0410. The van der Waals surface area contributed by atoms with Gasteiger partial charge < -0.3 is 8.37 Å². The summed E-state index contributed by atoms with van der Waals surface area (Å²) in [5.74, 6) is 0.0820. The third-order valence-corrected chi connectivity index (χ3v) is 22.5. The van der Waals surface area contributed by atoms with Gasteiger partial charge in [-0.15, -0.1) is 0 Å². The molecule has 0 heterocycles. The van der Waals surface area contributed by atoms with Crippen LogP contribution >= 0.6 is 0 Å². The zero-order valence-electron chi connectivity index (χ0n) is 32.2. The van der Waals surface area contributed by atoms with E-state index in [0.29, 0.717) is 0 Å². The largest absolute Gasteiger partial charge is 0.488 e.